The van der Waals surface area contributed by atoms with Gasteiger partial charge >= 0.3 is 5.97 Å². The number of thiophene rings is 1. The second kappa shape index (κ2) is 4.14. The Morgan fingerprint density at radius 2 is 2.33 bits per heavy atom. The molecule has 0 radical (unpaired) electrons. The summed E-state index contributed by atoms with van der Waals surface area (Å²) >= 11 is 7.83. The van der Waals surface area contributed by atoms with Gasteiger partial charge in [0.05, 0.1) is 10.9 Å². The van der Waals surface area contributed by atoms with E-state index in [2.05, 4.69) is 0 Å². The maximum Gasteiger partial charge on any atom is 0.311 e. The van der Waals surface area contributed by atoms with Crippen molar-refractivity contribution in [3.8, 4) is 0 Å². The van der Waals surface area contributed by atoms with E-state index in [1.165, 1.54) is 10.4 Å². The number of aliphatic carboxylic acids is 1. The Morgan fingerprint density at radius 1 is 1.60 bits per heavy atom. The average molecular weight is 245 g/mol. The Balaban J connectivity index is 2.40. The van der Waals surface area contributed by atoms with Crippen molar-refractivity contribution in [2.24, 2.45) is 0 Å². The molecular weight excluding hydrogens is 232 g/mol. The Hall–Kier alpha value is -0.540. The van der Waals surface area contributed by atoms with Gasteiger partial charge in [-0.1, -0.05) is 18.5 Å². The number of fused-ring (bicyclic) bond motifs is 1. The molecule has 0 saturated heterocycles. The molecule has 82 valence electrons. The number of rotatable bonds is 3. The minimum Gasteiger partial charge on any atom is -0.481 e. The van der Waals surface area contributed by atoms with Gasteiger partial charge in [-0.25, -0.2) is 0 Å². The SMILES string of the molecule is CCC(C(=O)O)c1sc2c(c1Cl)CCC2. The number of carbonyl (C=O) groups is 1. The molecule has 0 aliphatic heterocycles. The molecule has 2 rings (SSSR count). The number of hydrogen-bond donors (Lipinski definition) is 1. The van der Waals surface area contributed by atoms with E-state index in [1.54, 1.807) is 11.3 Å². The summed E-state index contributed by atoms with van der Waals surface area (Å²) in [6.07, 6.45) is 3.84. The van der Waals surface area contributed by atoms with Gasteiger partial charge in [-0.2, -0.15) is 0 Å². The number of aryl methyl sites for hydroxylation is 1. The van der Waals surface area contributed by atoms with Crippen LogP contribution in [0, 0.1) is 0 Å². The topological polar surface area (TPSA) is 37.3 Å². The van der Waals surface area contributed by atoms with E-state index in [0.29, 0.717) is 6.42 Å². The smallest absolute Gasteiger partial charge is 0.311 e. The first kappa shape index (κ1) is 11.0. The zero-order chi connectivity index (χ0) is 11.0. The molecule has 1 aliphatic rings. The molecule has 0 saturated carbocycles. The summed E-state index contributed by atoms with van der Waals surface area (Å²) < 4.78 is 0. The molecule has 1 aromatic heterocycles. The van der Waals surface area contributed by atoms with Crippen LogP contribution in [0.15, 0.2) is 0 Å². The number of halogens is 1. The lowest BCUT2D eigenvalue weighted by Crippen LogP contribution is -2.09. The lowest BCUT2D eigenvalue weighted by Gasteiger charge is -2.08. The third-order valence-corrected chi connectivity index (χ3v) is 4.85. The van der Waals surface area contributed by atoms with Gasteiger partial charge in [-0.15, -0.1) is 11.3 Å². The summed E-state index contributed by atoms with van der Waals surface area (Å²) in [4.78, 5) is 13.2. The Kier molecular flexibility index (Phi) is 3.03. The summed E-state index contributed by atoms with van der Waals surface area (Å²) in [5.74, 6) is -1.19. The molecule has 15 heavy (non-hydrogen) atoms. The summed E-state index contributed by atoms with van der Waals surface area (Å²) in [6.45, 7) is 1.89. The average Bonchev–Trinajstić information content (AvgIpc) is 2.72. The molecule has 0 aromatic carbocycles. The normalized spacial score (nSPS) is 16.4. The molecule has 4 heteroatoms. The van der Waals surface area contributed by atoms with Crippen molar-refractivity contribution >= 4 is 28.9 Å². The monoisotopic (exact) mass is 244 g/mol. The van der Waals surface area contributed by atoms with Crippen molar-refractivity contribution in [1.29, 1.82) is 0 Å². The van der Waals surface area contributed by atoms with Gasteiger partial charge in [0.2, 0.25) is 0 Å². The van der Waals surface area contributed by atoms with Gasteiger partial charge in [-0.05, 0) is 31.2 Å². The van der Waals surface area contributed by atoms with E-state index in [0.717, 1.165) is 29.2 Å². The highest BCUT2D eigenvalue weighted by Gasteiger charge is 2.28. The zero-order valence-electron chi connectivity index (χ0n) is 8.55. The molecule has 1 aliphatic carbocycles. The summed E-state index contributed by atoms with van der Waals surface area (Å²) in [5.41, 5.74) is 1.20. The van der Waals surface area contributed by atoms with E-state index in [1.807, 2.05) is 6.92 Å². The number of carboxylic acids is 1. The summed E-state index contributed by atoms with van der Waals surface area (Å²) in [5, 5.41) is 9.81. The fourth-order valence-electron chi connectivity index (χ4n) is 2.08. The lowest BCUT2D eigenvalue weighted by atomic mass is 10.0. The van der Waals surface area contributed by atoms with E-state index >= 15 is 0 Å². The molecule has 0 spiro atoms. The molecular formula is C11H13ClO2S. The largest absolute Gasteiger partial charge is 0.481 e. The molecule has 2 nitrogen and oxygen atoms in total. The Labute approximate surface area is 97.9 Å². The van der Waals surface area contributed by atoms with E-state index in [9.17, 15) is 4.79 Å². The molecule has 1 N–H and O–H groups in total. The Morgan fingerprint density at radius 3 is 2.87 bits per heavy atom. The van der Waals surface area contributed by atoms with Crippen LogP contribution in [-0.2, 0) is 17.6 Å². The highest BCUT2D eigenvalue weighted by atomic mass is 35.5. The Bertz CT molecular complexity index is 398. The summed E-state index contributed by atoms with van der Waals surface area (Å²) in [7, 11) is 0. The molecule has 0 bridgehead atoms. The predicted molar refractivity (Wildman–Crippen MR) is 62.0 cm³/mol. The molecule has 1 unspecified atom stereocenters. The first-order valence-corrected chi connectivity index (χ1v) is 6.37. The van der Waals surface area contributed by atoms with Gasteiger partial charge in [0.1, 0.15) is 0 Å². The molecule has 1 aromatic rings. The highest BCUT2D eigenvalue weighted by molar-refractivity contribution is 7.13. The minimum absolute atomic E-state index is 0.423. The van der Waals surface area contributed by atoms with Gasteiger partial charge in [0.15, 0.2) is 0 Å². The van der Waals surface area contributed by atoms with Crippen molar-refractivity contribution in [3.63, 3.8) is 0 Å². The van der Waals surface area contributed by atoms with Gasteiger partial charge < -0.3 is 5.11 Å². The molecule has 0 amide bonds. The molecule has 1 heterocycles. The second-order valence-corrected chi connectivity index (χ2v) is 5.35. The van der Waals surface area contributed by atoms with Crippen molar-refractivity contribution in [2.45, 2.75) is 38.5 Å². The first-order valence-electron chi connectivity index (χ1n) is 5.17. The van der Waals surface area contributed by atoms with Gasteiger partial charge in [0, 0.05) is 9.75 Å². The fourth-order valence-corrected chi connectivity index (χ4v) is 4.06. The van der Waals surface area contributed by atoms with E-state index in [-0.39, 0.29) is 0 Å². The maximum absolute atomic E-state index is 11.1. The third kappa shape index (κ3) is 1.79. The van der Waals surface area contributed by atoms with Crippen molar-refractivity contribution in [2.75, 3.05) is 0 Å². The van der Waals surface area contributed by atoms with Crippen LogP contribution < -0.4 is 0 Å². The standard InChI is InChI=1S/C11H13ClO2S/c1-2-6(11(13)14)10-9(12)7-4-3-5-8(7)15-10/h6H,2-5H2,1H3,(H,13,14). The summed E-state index contributed by atoms with van der Waals surface area (Å²) in [6, 6.07) is 0. The van der Waals surface area contributed by atoms with Crippen LogP contribution in [-0.4, -0.2) is 11.1 Å². The molecule has 0 fully saturated rings. The van der Waals surface area contributed by atoms with Crippen LogP contribution in [0.5, 0.6) is 0 Å². The maximum atomic E-state index is 11.1. The fraction of sp³-hybridized carbons (Fsp3) is 0.545. The zero-order valence-corrected chi connectivity index (χ0v) is 10.1. The third-order valence-electron chi connectivity index (χ3n) is 2.90. The minimum atomic E-state index is -0.765. The van der Waals surface area contributed by atoms with Crippen LogP contribution in [0.4, 0.5) is 0 Å². The van der Waals surface area contributed by atoms with E-state index in [4.69, 9.17) is 16.7 Å². The van der Waals surface area contributed by atoms with Crippen LogP contribution in [0.25, 0.3) is 0 Å². The van der Waals surface area contributed by atoms with Gasteiger partial charge in [0.25, 0.3) is 0 Å². The first-order chi connectivity index (χ1) is 7.15. The van der Waals surface area contributed by atoms with Crippen LogP contribution in [0.1, 0.15) is 41.0 Å². The second-order valence-electron chi connectivity index (χ2n) is 3.83. The van der Waals surface area contributed by atoms with Crippen LogP contribution >= 0.6 is 22.9 Å². The van der Waals surface area contributed by atoms with Crippen molar-refractivity contribution < 1.29 is 9.90 Å². The molecule has 1 atom stereocenters. The van der Waals surface area contributed by atoms with Crippen LogP contribution in [0.2, 0.25) is 5.02 Å². The quantitative estimate of drug-likeness (QED) is 0.884. The van der Waals surface area contributed by atoms with E-state index < -0.39 is 11.9 Å². The number of hydrogen-bond acceptors (Lipinski definition) is 2. The predicted octanol–water partition coefficient (Wildman–Crippen LogP) is 3.47. The van der Waals surface area contributed by atoms with Gasteiger partial charge in [-0.3, -0.25) is 4.79 Å². The van der Waals surface area contributed by atoms with Crippen molar-refractivity contribution in [3.05, 3.63) is 20.3 Å². The lowest BCUT2D eigenvalue weighted by molar-refractivity contribution is -0.138. The number of carboxylic acid groups (broad SMARTS) is 1. The highest BCUT2D eigenvalue weighted by Crippen LogP contribution is 2.43. The van der Waals surface area contributed by atoms with Crippen LogP contribution in [0.3, 0.4) is 0 Å². The van der Waals surface area contributed by atoms with Crippen molar-refractivity contribution in [1.82, 2.24) is 0 Å².